The molecule has 1 saturated heterocycles. The molecule has 4 aromatic rings. The lowest BCUT2D eigenvalue weighted by Crippen LogP contribution is -2.52. The molecule has 1 fully saturated rings. The maximum absolute atomic E-state index is 12.9. The number of carbonyl (C=O) groups excluding carboxylic acids is 3. The third kappa shape index (κ3) is 7.42. The van der Waals surface area contributed by atoms with Gasteiger partial charge < -0.3 is 24.8 Å². The SMILES string of the molecule is CCC(=C(c1ccc(O)cc1)c1ccc(OCCOCCNc2ccc3c(c2)CN(C2CCC(=O)NC2=O)C3=O)cc1)c1ccccc1. The molecule has 246 valence electrons. The number of hydrogen-bond donors (Lipinski definition) is 3. The van der Waals surface area contributed by atoms with Gasteiger partial charge in [0.2, 0.25) is 11.8 Å². The summed E-state index contributed by atoms with van der Waals surface area (Å²) in [5, 5.41) is 15.5. The van der Waals surface area contributed by atoms with Crippen molar-refractivity contribution < 1.29 is 29.0 Å². The van der Waals surface area contributed by atoms with Crippen LogP contribution in [0.3, 0.4) is 0 Å². The number of anilines is 1. The zero-order valence-electron chi connectivity index (χ0n) is 26.9. The van der Waals surface area contributed by atoms with Crippen LogP contribution in [0, 0.1) is 0 Å². The van der Waals surface area contributed by atoms with Crippen LogP contribution in [-0.2, 0) is 20.9 Å². The van der Waals surface area contributed by atoms with E-state index in [0.717, 1.165) is 45.7 Å². The lowest BCUT2D eigenvalue weighted by Gasteiger charge is -2.29. The van der Waals surface area contributed by atoms with Crippen LogP contribution in [0.2, 0.25) is 0 Å². The van der Waals surface area contributed by atoms with Crippen molar-refractivity contribution in [3.8, 4) is 11.5 Å². The topological polar surface area (TPSA) is 117 Å². The number of carbonyl (C=O) groups is 3. The minimum atomic E-state index is -0.624. The fourth-order valence-corrected chi connectivity index (χ4v) is 6.30. The minimum Gasteiger partial charge on any atom is -0.508 e. The Kier molecular flexibility index (Phi) is 10.2. The average molecular weight is 646 g/mol. The molecule has 48 heavy (non-hydrogen) atoms. The van der Waals surface area contributed by atoms with Crippen LogP contribution >= 0.6 is 0 Å². The first-order valence-electron chi connectivity index (χ1n) is 16.3. The van der Waals surface area contributed by atoms with Crippen molar-refractivity contribution in [2.24, 2.45) is 0 Å². The first-order chi connectivity index (χ1) is 23.4. The Morgan fingerprint density at radius 2 is 1.60 bits per heavy atom. The van der Waals surface area contributed by atoms with E-state index in [1.54, 1.807) is 23.1 Å². The molecule has 4 aromatic carbocycles. The van der Waals surface area contributed by atoms with Gasteiger partial charge in [-0.25, -0.2) is 0 Å². The second-order valence-corrected chi connectivity index (χ2v) is 11.8. The molecule has 9 heteroatoms. The molecule has 2 aliphatic rings. The lowest BCUT2D eigenvalue weighted by molar-refractivity contribution is -0.136. The fourth-order valence-electron chi connectivity index (χ4n) is 6.30. The lowest BCUT2D eigenvalue weighted by atomic mass is 9.88. The van der Waals surface area contributed by atoms with E-state index >= 15 is 0 Å². The van der Waals surface area contributed by atoms with E-state index in [4.69, 9.17) is 9.47 Å². The minimum absolute atomic E-state index is 0.184. The number of piperidine rings is 1. The van der Waals surface area contributed by atoms with Crippen LogP contribution < -0.4 is 15.4 Å². The van der Waals surface area contributed by atoms with Crippen molar-refractivity contribution >= 4 is 34.6 Å². The molecule has 3 N–H and O–H groups in total. The van der Waals surface area contributed by atoms with Gasteiger partial charge in [0.05, 0.1) is 13.2 Å². The van der Waals surface area contributed by atoms with Gasteiger partial charge in [-0.1, -0.05) is 61.5 Å². The smallest absolute Gasteiger partial charge is 0.255 e. The molecule has 0 aromatic heterocycles. The van der Waals surface area contributed by atoms with Crippen molar-refractivity contribution in [3.05, 3.63) is 125 Å². The van der Waals surface area contributed by atoms with Gasteiger partial charge in [-0.05, 0) is 88.7 Å². The summed E-state index contributed by atoms with van der Waals surface area (Å²) in [4.78, 5) is 38.2. The van der Waals surface area contributed by atoms with Gasteiger partial charge >= 0.3 is 0 Å². The van der Waals surface area contributed by atoms with E-state index in [0.29, 0.717) is 44.9 Å². The molecule has 3 amide bonds. The summed E-state index contributed by atoms with van der Waals surface area (Å²) in [6.07, 6.45) is 1.42. The number of imide groups is 1. The zero-order valence-corrected chi connectivity index (χ0v) is 26.9. The quantitative estimate of drug-likeness (QED) is 0.0924. The Morgan fingerprint density at radius 1 is 0.875 bits per heavy atom. The van der Waals surface area contributed by atoms with Gasteiger partial charge in [0.15, 0.2) is 0 Å². The van der Waals surface area contributed by atoms with E-state index in [-0.39, 0.29) is 24.0 Å². The van der Waals surface area contributed by atoms with E-state index in [2.05, 4.69) is 41.8 Å². The van der Waals surface area contributed by atoms with Crippen LogP contribution in [0.25, 0.3) is 11.1 Å². The van der Waals surface area contributed by atoms with Crippen molar-refractivity contribution in [3.63, 3.8) is 0 Å². The summed E-state index contributed by atoms with van der Waals surface area (Å²) in [6.45, 7) is 4.37. The highest BCUT2D eigenvalue weighted by molar-refractivity contribution is 6.05. The number of nitrogens with zero attached hydrogens (tertiary/aromatic N) is 1. The molecule has 0 aliphatic carbocycles. The molecule has 0 saturated carbocycles. The standard InChI is InChI=1S/C39H39N3O6/c1-2-33(26-6-4-3-5-7-26)37(27-8-13-31(43)14-9-27)28-10-15-32(16-11-28)48-23-22-47-21-20-40-30-12-17-34-29(24-30)25-42(39(34)46)35-18-19-36(44)41-38(35)45/h3-17,24,35,40,43H,2,18-23,25H2,1H3,(H,41,44,45). The van der Waals surface area contributed by atoms with E-state index in [1.807, 2.05) is 54.6 Å². The highest BCUT2D eigenvalue weighted by Crippen LogP contribution is 2.35. The number of allylic oxidation sites excluding steroid dienone is 1. The van der Waals surface area contributed by atoms with Crippen LogP contribution in [0.4, 0.5) is 5.69 Å². The Hall–Kier alpha value is -5.41. The third-order valence-electron chi connectivity index (χ3n) is 8.67. The molecule has 0 spiro atoms. The highest BCUT2D eigenvalue weighted by atomic mass is 16.5. The second-order valence-electron chi connectivity index (χ2n) is 11.8. The maximum Gasteiger partial charge on any atom is 0.255 e. The van der Waals surface area contributed by atoms with Gasteiger partial charge in [-0.15, -0.1) is 0 Å². The molecule has 2 aliphatic heterocycles. The normalized spacial score (nSPS) is 16.3. The van der Waals surface area contributed by atoms with E-state index in [9.17, 15) is 19.5 Å². The highest BCUT2D eigenvalue weighted by Gasteiger charge is 2.39. The molecule has 0 radical (unpaired) electrons. The number of phenols is 1. The largest absolute Gasteiger partial charge is 0.508 e. The van der Waals surface area contributed by atoms with Crippen molar-refractivity contribution in [2.45, 2.75) is 38.8 Å². The monoisotopic (exact) mass is 645 g/mol. The third-order valence-corrected chi connectivity index (χ3v) is 8.67. The Balaban J connectivity index is 0.981. The van der Waals surface area contributed by atoms with Crippen molar-refractivity contribution in [1.82, 2.24) is 10.2 Å². The Labute approximate surface area is 280 Å². The number of nitrogens with one attached hydrogen (secondary N) is 2. The first-order valence-corrected chi connectivity index (χ1v) is 16.3. The number of hydrogen-bond acceptors (Lipinski definition) is 7. The van der Waals surface area contributed by atoms with Gasteiger partial charge in [-0.3, -0.25) is 19.7 Å². The van der Waals surface area contributed by atoms with Gasteiger partial charge in [0, 0.05) is 30.8 Å². The molecule has 1 unspecified atom stereocenters. The van der Waals surface area contributed by atoms with Crippen LogP contribution in [0.15, 0.2) is 97.1 Å². The molecular formula is C39H39N3O6. The molecule has 1 atom stereocenters. The molecule has 2 heterocycles. The zero-order chi connectivity index (χ0) is 33.5. The Morgan fingerprint density at radius 3 is 2.31 bits per heavy atom. The number of aromatic hydroxyl groups is 1. The van der Waals surface area contributed by atoms with Crippen LogP contribution in [-0.4, -0.2) is 60.1 Å². The predicted molar refractivity (Wildman–Crippen MR) is 184 cm³/mol. The van der Waals surface area contributed by atoms with Gasteiger partial charge in [0.25, 0.3) is 5.91 Å². The van der Waals surface area contributed by atoms with Crippen LogP contribution in [0.5, 0.6) is 11.5 Å². The summed E-state index contributed by atoms with van der Waals surface area (Å²) < 4.78 is 11.7. The molecule has 6 rings (SSSR count). The number of amides is 3. The van der Waals surface area contributed by atoms with Crippen molar-refractivity contribution in [1.29, 1.82) is 0 Å². The van der Waals surface area contributed by atoms with Crippen LogP contribution in [0.1, 0.15) is 58.8 Å². The van der Waals surface area contributed by atoms with Crippen molar-refractivity contribution in [2.75, 3.05) is 31.7 Å². The number of rotatable bonds is 13. The summed E-state index contributed by atoms with van der Waals surface area (Å²) >= 11 is 0. The molecule has 9 nitrogen and oxygen atoms in total. The maximum atomic E-state index is 12.9. The number of benzene rings is 4. The Bertz CT molecular complexity index is 1800. The number of phenolic OH excluding ortho intramolecular Hbond substituents is 1. The molecular weight excluding hydrogens is 606 g/mol. The number of ether oxygens (including phenoxy) is 2. The summed E-state index contributed by atoms with van der Waals surface area (Å²) in [5.41, 5.74) is 7.91. The van der Waals surface area contributed by atoms with E-state index in [1.165, 1.54) is 5.57 Å². The van der Waals surface area contributed by atoms with E-state index < -0.39 is 11.9 Å². The average Bonchev–Trinajstić information content (AvgIpc) is 3.43. The summed E-state index contributed by atoms with van der Waals surface area (Å²) in [7, 11) is 0. The number of fused-ring (bicyclic) bond motifs is 1. The predicted octanol–water partition coefficient (Wildman–Crippen LogP) is 6.03. The second kappa shape index (κ2) is 15.0. The summed E-state index contributed by atoms with van der Waals surface area (Å²) in [6, 6.07) is 30.7. The van der Waals surface area contributed by atoms with Gasteiger partial charge in [-0.2, -0.15) is 0 Å². The molecule has 0 bridgehead atoms. The first kappa shape index (κ1) is 32.5. The summed E-state index contributed by atoms with van der Waals surface area (Å²) in [5.74, 6) is 0.0937. The fraction of sp³-hybridized carbons (Fsp3) is 0.256. The van der Waals surface area contributed by atoms with Gasteiger partial charge in [0.1, 0.15) is 24.1 Å².